The fourth-order valence-corrected chi connectivity index (χ4v) is 5.30. The molecule has 0 N–H and O–H groups in total. The van der Waals surface area contributed by atoms with Crippen LogP contribution in [0.3, 0.4) is 0 Å². The van der Waals surface area contributed by atoms with Crippen molar-refractivity contribution in [2.45, 2.75) is 35.1 Å². The van der Waals surface area contributed by atoms with E-state index in [4.69, 9.17) is 4.98 Å². The molecule has 1 aliphatic carbocycles. The Labute approximate surface area is 169 Å². The van der Waals surface area contributed by atoms with Crippen molar-refractivity contribution < 1.29 is 4.55 Å². The van der Waals surface area contributed by atoms with Crippen LogP contribution in [0.15, 0.2) is 70.6 Å². The highest BCUT2D eigenvalue weighted by molar-refractivity contribution is 7.91. The van der Waals surface area contributed by atoms with Gasteiger partial charge >= 0.3 is 0 Å². The normalized spacial score (nSPS) is 19.5. The lowest BCUT2D eigenvalue weighted by Crippen LogP contribution is -2.52. The van der Waals surface area contributed by atoms with Gasteiger partial charge in [-0.15, -0.1) is 0 Å². The first kappa shape index (κ1) is 18.0. The van der Waals surface area contributed by atoms with Crippen LogP contribution in [0.2, 0.25) is 0 Å². The number of piperazine rings is 1. The first-order chi connectivity index (χ1) is 13.8. The van der Waals surface area contributed by atoms with E-state index < -0.39 is 11.2 Å². The maximum Gasteiger partial charge on any atom is 0.177 e. The Morgan fingerprint density at radius 1 is 0.893 bits per heavy atom. The lowest BCUT2D eigenvalue weighted by molar-refractivity contribution is 0.120. The van der Waals surface area contributed by atoms with Crippen LogP contribution >= 0.6 is 0 Å². The highest BCUT2D eigenvalue weighted by Gasteiger charge is 2.28. The molecule has 28 heavy (non-hydrogen) atoms. The van der Waals surface area contributed by atoms with Crippen molar-refractivity contribution in [3.8, 4) is 0 Å². The van der Waals surface area contributed by atoms with Crippen LogP contribution in [-0.2, 0) is 11.2 Å². The molecule has 0 amide bonds. The summed E-state index contributed by atoms with van der Waals surface area (Å²) >= 11 is -1.20. The summed E-state index contributed by atoms with van der Waals surface area (Å²) < 4.78 is 12.9. The van der Waals surface area contributed by atoms with Gasteiger partial charge in [0.2, 0.25) is 0 Å². The Morgan fingerprint density at radius 3 is 2.39 bits per heavy atom. The quantitative estimate of drug-likeness (QED) is 0.629. The second-order valence-electron chi connectivity index (χ2n) is 7.71. The molecule has 4 nitrogen and oxygen atoms in total. The van der Waals surface area contributed by atoms with E-state index in [1.807, 2.05) is 36.4 Å². The average molecular weight is 392 g/mol. The highest BCUT2D eigenvalue weighted by atomic mass is 32.2. The molecule has 1 saturated heterocycles. The molecule has 0 bridgehead atoms. The SMILES string of the molecule is [O-][S+](c1ccccc1)c1cnc2c(N3CCN(C4CCC4)CC3)cccc2c1. The number of para-hydroxylation sites is 1. The Hall–Kier alpha value is -2.08. The summed E-state index contributed by atoms with van der Waals surface area (Å²) in [5.74, 6) is 0. The molecular formula is C23H25N3OS. The van der Waals surface area contributed by atoms with Gasteiger partial charge in [0.1, 0.15) is 0 Å². The molecule has 0 spiro atoms. The molecule has 5 heteroatoms. The van der Waals surface area contributed by atoms with Crippen molar-refractivity contribution in [3.05, 3.63) is 60.8 Å². The standard InChI is InChI=1S/C23H25N3OS/c27-28(20-9-2-1-3-10-20)21-16-18-6-4-11-22(23(18)24-17-21)26-14-12-25(13-15-26)19-7-5-8-19/h1-4,6,9-11,16-17,19H,5,7-8,12-15H2. The highest BCUT2D eigenvalue weighted by Crippen LogP contribution is 2.31. The molecule has 2 fully saturated rings. The number of hydrogen-bond acceptors (Lipinski definition) is 4. The third-order valence-electron chi connectivity index (χ3n) is 6.08. The van der Waals surface area contributed by atoms with Gasteiger partial charge in [-0.1, -0.05) is 36.8 Å². The Balaban J connectivity index is 1.39. The molecule has 3 aromatic rings. The van der Waals surface area contributed by atoms with Gasteiger partial charge in [-0.3, -0.25) is 4.90 Å². The van der Waals surface area contributed by atoms with Crippen molar-refractivity contribution in [1.82, 2.24) is 9.88 Å². The van der Waals surface area contributed by atoms with Crippen LogP contribution in [0.4, 0.5) is 5.69 Å². The maximum atomic E-state index is 12.9. The molecule has 1 atom stereocenters. The fourth-order valence-electron chi connectivity index (χ4n) is 4.24. The molecule has 1 aromatic heterocycles. The summed E-state index contributed by atoms with van der Waals surface area (Å²) in [6.45, 7) is 4.37. The van der Waals surface area contributed by atoms with E-state index in [9.17, 15) is 4.55 Å². The van der Waals surface area contributed by atoms with Crippen molar-refractivity contribution in [2.24, 2.45) is 0 Å². The summed E-state index contributed by atoms with van der Waals surface area (Å²) in [7, 11) is 0. The van der Waals surface area contributed by atoms with Crippen LogP contribution in [0.25, 0.3) is 10.9 Å². The number of anilines is 1. The number of rotatable bonds is 4. The molecule has 144 valence electrons. The van der Waals surface area contributed by atoms with Gasteiger partial charge in [0, 0.05) is 54.8 Å². The monoisotopic (exact) mass is 391 g/mol. The van der Waals surface area contributed by atoms with Crippen LogP contribution in [0, 0.1) is 0 Å². The van der Waals surface area contributed by atoms with Crippen LogP contribution in [0.5, 0.6) is 0 Å². The van der Waals surface area contributed by atoms with Crippen LogP contribution in [-0.4, -0.2) is 46.7 Å². The zero-order valence-corrected chi connectivity index (χ0v) is 16.8. The van der Waals surface area contributed by atoms with E-state index >= 15 is 0 Å². The summed E-state index contributed by atoms with van der Waals surface area (Å²) in [4.78, 5) is 11.4. The number of nitrogens with zero attached hydrogens (tertiary/aromatic N) is 3. The minimum Gasteiger partial charge on any atom is -0.606 e. The number of fused-ring (bicyclic) bond motifs is 1. The van der Waals surface area contributed by atoms with Crippen LogP contribution < -0.4 is 4.90 Å². The molecule has 1 saturated carbocycles. The Bertz CT molecular complexity index is 952. The largest absolute Gasteiger partial charge is 0.606 e. The first-order valence-corrected chi connectivity index (χ1v) is 11.3. The van der Waals surface area contributed by atoms with Gasteiger partial charge < -0.3 is 9.45 Å². The molecule has 1 aliphatic heterocycles. The van der Waals surface area contributed by atoms with Gasteiger partial charge in [-0.05, 0) is 31.0 Å². The molecule has 2 aromatic carbocycles. The van der Waals surface area contributed by atoms with E-state index in [2.05, 4.69) is 28.0 Å². The third kappa shape index (κ3) is 3.39. The number of pyridine rings is 1. The van der Waals surface area contributed by atoms with Crippen molar-refractivity contribution in [1.29, 1.82) is 0 Å². The Morgan fingerprint density at radius 2 is 1.68 bits per heavy atom. The van der Waals surface area contributed by atoms with E-state index in [0.717, 1.165) is 52.9 Å². The summed E-state index contributed by atoms with van der Waals surface area (Å²) in [5, 5.41) is 1.06. The average Bonchev–Trinajstić information content (AvgIpc) is 2.72. The van der Waals surface area contributed by atoms with E-state index in [1.54, 1.807) is 6.20 Å². The van der Waals surface area contributed by atoms with Crippen LogP contribution in [0.1, 0.15) is 19.3 Å². The summed E-state index contributed by atoms with van der Waals surface area (Å²) in [5.41, 5.74) is 2.20. The zero-order valence-electron chi connectivity index (χ0n) is 16.0. The maximum absolute atomic E-state index is 12.9. The lowest BCUT2D eigenvalue weighted by Gasteiger charge is -2.43. The number of aromatic nitrogens is 1. The first-order valence-electron chi connectivity index (χ1n) is 10.1. The molecule has 1 unspecified atom stereocenters. The predicted octanol–water partition coefficient (Wildman–Crippen LogP) is 4.08. The van der Waals surface area contributed by atoms with Gasteiger partial charge in [-0.2, -0.15) is 0 Å². The number of hydrogen-bond donors (Lipinski definition) is 0. The van der Waals surface area contributed by atoms with Crippen molar-refractivity contribution in [2.75, 3.05) is 31.1 Å². The summed E-state index contributed by atoms with van der Waals surface area (Å²) in [6, 6.07) is 18.8. The van der Waals surface area contributed by atoms with Gasteiger partial charge in [0.15, 0.2) is 9.79 Å². The van der Waals surface area contributed by atoms with E-state index in [1.165, 1.54) is 24.9 Å². The fraction of sp³-hybridized carbons (Fsp3) is 0.348. The predicted molar refractivity (Wildman–Crippen MR) is 114 cm³/mol. The second kappa shape index (κ2) is 7.74. The van der Waals surface area contributed by atoms with E-state index in [0.29, 0.717) is 0 Å². The Kier molecular flexibility index (Phi) is 4.97. The van der Waals surface area contributed by atoms with Gasteiger partial charge in [0.05, 0.1) is 17.4 Å². The molecule has 0 radical (unpaired) electrons. The smallest absolute Gasteiger partial charge is 0.177 e. The summed E-state index contributed by atoms with van der Waals surface area (Å²) in [6.07, 6.45) is 5.92. The molecule has 2 heterocycles. The minimum atomic E-state index is -1.20. The van der Waals surface area contributed by atoms with Gasteiger partial charge in [-0.25, -0.2) is 4.98 Å². The lowest BCUT2D eigenvalue weighted by atomic mass is 9.91. The zero-order chi connectivity index (χ0) is 18.9. The molecule has 2 aliphatic rings. The number of benzene rings is 2. The second-order valence-corrected chi connectivity index (χ2v) is 9.19. The molecular weight excluding hydrogens is 366 g/mol. The van der Waals surface area contributed by atoms with Crippen molar-refractivity contribution >= 4 is 27.8 Å². The third-order valence-corrected chi connectivity index (χ3v) is 7.43. The minimum absolute atomic E-state index is 0.755. The van der Waals surface area contributed by atoms with E-state index in [-0.39, 0.29) is 0 Å². The van der Waals surface area contributed by atoms with Crippen molar-refractivity contribution in [3.63, 3.8) is 0 Å². The van der Waals surface area contributed by atoms with Gasteiger partial charge in [0.25, 0.3) is 0 Å². The molecule has 5 rings (SSSR count). The topological polar surface area (TPSA) is 42.4 Å².